The van der Waals surface area contributed by atoms with Gasteiger partial charge in [-0.15, -0.1) is 0 Å². The average molecular weight is 214 g/mol. The van der Waals surface area contributed by atoms with Crippen LogP contribution >= 0.6 is 0 Å². The van der Waals surface area contributed by atoms with Crippen LogP contribution in [0.2, 0.25) is 0 Å². The molecule has 0 aliphatic heterocycles. The van der Waals surface area contributed by atoms with E-state index in [1.807, 2.05) is 6.92 Å². The molecule has 15 heavy (non-hydrogen) atoms. The molecule has 0 spiro atoms. The molecule has 1 nitrogen and oxygen atoms in total. The molecule has 1 atom stereocenters. The van der Waals surface area contributed by atoms with Gasteiger partial charge in [0.25, 0.3) is 0 Å². The summed E-state index contributed by atoms with van der Waals surface area (Å²) >= 11 is 0. The van der Waals surface area contributed by atoms with Crippen molar-refractivity contribution in [2.75, 3.05) is 0 Å². The molecule has 0 heterocycles. The second-order valence-corrected chi connectivity index (χ2v) is 3.73. The Morgan fingerprint density at radius 2 is 1.73 bits per heavy atom. The minimum atomic E-state index is -1.38. The Bertz CT molecular complexity index is 318. The molecule has 0 saturated carbocycles. The first kappa shape index (κ1) is 12.1. The zero-order chi connectivity index (χ0) is 11.5. The van der Waals surface area contributed by atoms with Gasteiger partial charge in [0.15, 0.2) is 0 Å². The Balaban J connectivity index is 3.22. The van der Waals surface area contributed by atoms with E-state index in [1.54, 1.807) is 6.92 Å². The normalized spacial score (nSPS) is 15.0. The van der Waals surface area contributed by atoms with E-state index in [4.69, 9.17) is 0 Å². The molecular formula is C12H16F2O. The van der Waals surface area contributed by atoms with Crippen molar-refractivity contribution in [3.63, 3.8) is 0 Å². The number of benzene rings is 1. The van der Waals surface area contributed by atoms with Gasteiger partial charge in [-0.1, -0.05) is 26.3 Å². The first-order chi connectivity index (χ1) is 7.05. The molecule has 0 aliphatic carbocycles. The molecule has 1 N–H and O–H groups in total. The van der Waals surface area contributed by atoms with Gasteiger partial charge in [-0.05, 0) is 25.0 Å². The van der Waals surface area contributed by atoms with E-state index >= 15 is 0 Å². The van der Waals surface area contributed by atoms with Crippen LogP contribution in [0.15, 0.2) is 18.2 Å². The number of aliphatic hydroxyl groups is 1. The molecule has 0 fully saturated rings. The van der Waals surface area contributed by atoms with Crippen molar-refractivity contribution >= 4 is 0 Å². The van der Waals surface area contributed by atoms with Crippen LogP contribution in [0.25, 0.3) is 0 Å². The van der Waals surface area contributed by atoms with Crippen molar-refractivity contribution in [1.82, 2.24) is 0 Å². The minimum absolute atomic E-state index is 0.200. The summed E-state index contributed by atoms with van der Waals surface area (Å²) in [6.07, 6.45) is 1.35. The van der Waals surface area contributed by atoms with E-state index in [0.29, 0.717) is 19.3 Å². The van der Waals surface area contributed by atoms with Crippen molar-refractivity contribution in [3.8, 4) is 0 Å². The lowest BCUT2D eigenvalue weighted by molar-refractivity contribution is 0.0155. The van der Waals surface area contributed by atoms with Crippen LogP contribution in [-0.2, 0) is 5.60 Å². The van der Waals surface area contributed by atoms with Crippen LogP contribution in [-0.4, -0.2) is 5.11 Å². The number of rotatable bonds is 4. The maximum absolute atomic E-state index is 13.5. The fourth-order valence-electron chi connectivity index (χ4n) is 1.83. The third-order valence-electron chi connectivity index (χ3n) is 2.68. The monoisotopic (exact) mass is 214 g/mol. The van der Waals surface area contributed by atoms with Gasteiger partial charge >= 0.3 is 0 Å². The van der Waals surface area contributed by atoms with Crippen molar-refractivity contribution in [3.05, 3.63) is 35.4 Å². The highest BCUT2D eigenvalue weighted by Gasteiger charge is 2.32. The highest BCUT2D eigenvalue weighted by molar-refractivity contribution is 5.26. The van der Waals surface area contributed by atoms with E-state index in [9.17, 15) is 13.9 Å². The molecule has 0 aliphatic rings. The van der Waals surface area contributed by atoms with Gasteiger partial charge in [-0.2, -0.15) is 0 Å². The second kappa shape index (κ2) is 4.71. The highest BCUT2D eigenvalue weighted by Crippen LogP contribution is 2.33. The predicted molar refractivity (Wildman–Crippen MR) is 55.5 cm³/mol. The van der Waals surface area contributed by atoms with Gasteiger partial charge in [0.2, 0.25) is 0 Å². The predicted octanol–water partition coefficient (Wildman–Crippen LogP) is 3.36. The van der Waals surface area contributed by atoms with Crippen molar-refractivity contribution in [2.24, 2.45) is 0 Å². The molecule has 1 unspecified atom stereocenters. The van der Waals surface area contributed by atoms with Crippen LogP contribution in [0.4, 0.5) is 8.78 Å². The molecule has 0 aromatic heterocycles. The number of hydrogen-bond acceptors (Lipinski definition) is 1. The Labute approximate surface area is 88.7 Å². The zero-order valence-corrected chi connectivity index (χ0v) is 9.06. The maximum Gasteiger partial charge on any atom is 0.132 e. The van der Waals surface area contributed by atoms with Crippen LogP contribution in [0.3, 0.4) is 0 Å². The smallest absolute Gasteiger partial charge is 0.132 e. The third-order valence-corrected chi connectivity index (χ3v) is 2.68. The summed E-state index contributed by atoms with van der Waals surface area (Å²) in [5.74, 6) is -1.35. The first-order valence-electron chi connectivity index (χ1n) is 5.22. The largest absolute Gasteiger partial charge is 0.385 e. The molecular weight excluding hydrogens is 198 g/mol. The van der Waals surface area contributed by atoms with Crippen molar-refractivity contribution < 1.29 is 13.9 Å². The molecule has 1 aromatic rings. The highest BCUT2D eigenvalue weighted by atomic mass is 19.1. The van der Waals surface area contributed by atoms with E-state index in [0.717, 1.165) is 0 Å². The minimum Gasteiger partial charge on any atom is -0.385 e. The van der Waals surface area contributed by atoms with Gasteiger partial charge in [-0.25, -0.2) is 8.78 Å². The van der Waals surface area contributed by atoms with Crippen LogP contribution in [0.5, 0.6) is 0 Å². The maximum atomic E-state index is 13.5. The van der Waals surface area contributed by atoms with E-state index in [1.165, 1.54) is 18.2 Å². The van der Waals surface area contributed by atoms with Crippen LogP contribution in [0.1, 0.15) is 38.7 Å². The summed E-state index contributed by atoms with van der Waals surface area (Å²) in [6.45, 7) is 3.60. The Hall–Kier alpha value is -0.960. The van der Waals surface area contributed by atoms with Crippen LogP contribution < -0.4 is 0 Å². The standard InChI is InChI=1S/C12H16F2O/c1-3-8-12(15,4-2)11-9(13)6-5-7-10(11)14/h5-7,15H,3-4,8H2,1-2H3. The number of halogens is 2. The molecule has 84 valence electrons. The molecule has 0 amide bonds. The summed E-state index contributed by atoms with van der Waals surface area (Å²) in [5.41, 5.74) is -1.58. The molecule has 3 heteroatoms. The molecule has 1 aromatic carbocycles. The van der Waals surface area contributed by atoms with Crippen molar-refractivity contribution in [2.45, 2.75) is 38.7 Å². The van der Waals surface area contributed by atoms with Gasteiger partial charge in [0, 0.05) is 0 Å². The van der Waals surface area contributed by atoms with Gasteiger partial charge in [0.1, 0.15) is 11.6 Å². The first-order valence-corrected chi connectivity index (χ1v) is 5.22. The molecule has 1 rings (SSSR count). The number of hydrogen-bond donors (Lipinski definition) is 1. The van der Waals surface area contributed by atoms with Gasteiger partial charge in [0.05, 0.1) is 11.2 Å². The average Bonchev–Trinajstić information content (AvgIpc) is 2.18. The quantitative estimate of drug-likeness (QED) is 0.814. The van der Waals surface area contributed by atoms with Crippen molar-refractivity contribution in [1.29, 1.82) is 0 Å². The molecule has 0 bridgehead atoms. The lowest BCUT2D eigenvalue weighted by atomic mass is 9.86. The SMILES string of the molecule is CCCC(O)(CC)c1c(F)cccc1F. The summed E-state index contributed by atoms with van der Waals surface area (Å²) in [5, 5.41) is 10.2. The van der Waals surface area contributed by atoms with E-state index in [2.05, 4.69) is 0 Å². The Morgan fingerprint density at radius 3 is 2.13 bits per heavy atom. The Morgan fingerprint density at radius 1 is 1.20 bits per heavy atom. The van der Waals surface area contributed by atoms with Gasteiger partial charge in [-0.3, -0.25) is 0 Å². The van der Waals surface area contributed by atoms with Gasteiger partial charge < -0.3 is 5.11 Å². The summed E-state index contributed by atoms with van der Waals surface area (Å²) in [4.78, 5) is 0. The lowest BCUT2D eigenvalue weighted by Gasteiger charge is -2.27. The lowest BCUT2D eigenvalue weighted by Crippen LogP contribution is -2.27. The van der Waals surface area contributed by atoms with Crippen LogP contribution in [0, 0.1) is 11.6 Å². The fourth-order valence-corrected chi connectivity index (χ4v) is 1.83. The summed E-state index contributed by atoms with van der Waals surface area (Å²) < 4.78 is 26.9. The molecule has 0 saturated heterocycles. The molecule has 0 radical (unpaired) electrons. The Kier molecular flexibility index (Phi) is 3.80. The fraction of sp³-hybridized carbons (Fsp3) is 0.500. The third kappa shape index (κ3) is 2.34. The summed E-state index contributed by atoms with van der Waals surface area (Å²) in [6, 6.07) is 3.65. The zero-order valence-electron chi connectivity index (χ0n) is 9.06. The topological polar surface area (TPSA) is 20.2 Å². The summed E-state index contributed by atoms with van der Waals surface area (Å²) in [7, 11) is 0. The van der Waals surface area contributed by atoms with E-state index < -0.39 is 17.2 Å². The second-order valence-electron chi connectivity index (χ2n) is 3.73. The van der Waals surface area contributed by atoms with E-state index in [-0.39, 0.29) is 5.56 Å².